The summed E-state index contributed by atoms with van der Waals surface area (Å²) in [4.78, 5) is 10.4. The molecule has 0 spiro atoms. The lowest BCUT2D eigenvalue weighted by molar-refractivity contribution is -0.136. The van der Waals surface area contributed by atoms with E-state index in [2.05, 4.69) is 12.0 Å². The Morgan fingerprint density at radius 2 is 2.29 bits per heavy atom. The molecular weight excluding hydrogens is 216 g/mol. The summed E-state index contributed by atoms with van der Waals surface area (Å²) in [5, 5.41) is 18.4. The summed E-state index contributed by atoms with van der Waals surface area (Å²) in [5.74, 6) is 2.86. The molecule has 3 nitrogen and oxygen atoms in total. The number of hydrogen-bond donors (Lipinski definition) is 2. The predicted octanol–water partition coefficient (Wildman–Crippen LogP) is 1.82. The first-order valence-corrected chi connectivity index (χ1v) is 6.18. The van der Waals surface area contributed by atoms with Gasteiger partial charge < -0.3 is 10.2 Å². The molecule has 0 radical (unpaired) electrons. The van der Waals surface area contributed by atoms with Gasteiger partial charge in [-0.2, -0.15) is 0 Å². The van der Waals surface area contributed by atoms with Gasteiger partial charge in [-0.05, 0) is 37.5 Å². The molecule has 2 rings (SSSR count). The Morgan fingerprint density at radius 1 is 1.53 bits per heavy atom. The first kappa shape index (κ1) is 12.2. The highest BCUT2D eigenvalue weighted by molar-refractivity contribution is 5.66. The monoisotopic (exact) mass is 234 g/mol. The van der Waals surface area contributed by atoms with Gasteiger partial charge in [-0.3, -0.25) is 4.79 Å². The van der Waals surface area contributed by atoms with Crippen LogP contribution in [-0.4, -0.2) is 22.3 Å². The Labute approximate surface area is 102 Å². The zero-order chi connectivity index (χ0) is 12.4. The molecule has 0 unspecified atom stereocenters. The number of hydrogen-bond acceptors (Lipinski definition) is 2. The molecule has 2 aliphatic rings. The molecule has 92 valence electrons. The fourth-order valence-electron chi connectivity index (χ4n) is 3.12. The number of allylic oxidation sites excluding steroid dienone is 2. The van der Waals surface area contributed by atoms with Crippen molar-refractivity contribution in [2.24, 2.45) is 17.8 Å². The maximum atomic E-state index is 10.4. The number of carbonyl (C=O) groups is 1. The van der Waals surface area contributed by atoms with E-state index in [1.54, 1.807) is 0 Å². The van der Waals surface area contributed by atoms with E-state index in [-0.39, 0.29) is 18.4 Å². The molecule has 0 aromatic carbocycles. The Morgan fingerprint density at radius 3 is 2.94 bits per heavy atom. The molecule has 0 saturated heterocycles. The molecule has 0 aliphatic heterocycles. The molecule has 2 fully saturated rings. The number of aliphatic carboxylic acids is 1. The van der Waals surface area contributed by atoms with Gasteiger partial charge in [0.1, 0.15) is 0 Å². The van der Waals surface area contributed by atoms with Crippen LogP contribution in [0.4, 0.5) is 0 Å². The van der Waals surface area contributed by atoms with E-state index in [9.17, 15) is 9.90 Å². The maximum absolute atomic E-state index is 10.4. The Bertz CT molecular complexity index is 377. The second-order valence-corrected chi connectivity index (χ2v) is 5.02. The van der Waals surface area contributed by atoms with Crippen molar-refractivity contribution in [2.75, 3.05) is 0 Å². The van der Waals surface area contributed by atoms with Crippen LogP contribution in [0.3, 0.4) is 0 Å². The molecule has 0 aromatic rings. The second kappa shape index (κ2) is 4.93. The summed E-state index contributed by atoms with van der Waals surface area (Å²) < 4.78 is 0. The molecule has 0 bridgehead atoms. The molecule has 0 heterocycles. The SMILES string of the molecule is C#C[C@@H]1[C@H]2CC(=CCCC(=O)O)[C@H]2CC[C@H]1O. The second-order valence-electron chi connectivity index (χ2n) is 5.02. The van der Waals surface area contributed by atoms with Crippen molar-refractivity contribution < 1.29 is 15.0 Å². The first-order valence-electron chi connectivity index (χ1n) is 6.18. The molecule has 4 atom stereocenters. The Hall–Kier alpha value is -1.27. The lowest BCUT2D eigenvalue weighted by Crippen LogP contribution is -2.44. The molecule has 2 N–H and O–H groups in total. The number of terminal acetylenes is 1. The van der Waals surface area contributed by atoms with Gasteiger partial charge in [-0.15, -0.1) is 12.3 Å². The summed E-state index contributed by atoms with van der Waals surface area (Å²) in [6, 6.07) is 0. The lowest BCUT2D eigenvalue weighted by Gasteiger charge is -2.48. The highest BCUT2D eigenvalue weighted by atomic mass is 16.4. The van der Waals surface area contributed by atoms with E-state index >= 15 is 0 Å². The van der Waals surface area contributed by atoms with Gasteiger partial charge in [0.25, 0.3) is 0 Å². The zero-order valence-electron chi connectivity index (χ0n) is 9.80. The Balaban J connectivity index is 1.92. The van der Waals surface area contributed by atoms with Crippen molar-refractivity contribution in [2.45, 2.75) is 38.2 Å². The fourth-order valence-corrected chi connectivity index (χ4v) is 3.12. The predicted molar refractivity (Wildman–Crippen MR) is 64.1 cm³/mol. The third-order valence-electron chi connectivity index (χ3n) is 4.07. The quantitative estimate of drug-likeness (QED) is 0.578. The molecule has 0 aromatic heterocycles. The van der Waals surface area contributed by atoms with Crippen LogP contribution in [0.5, 0.6) is 0 Å². The van der Waals surface area contributed by atoms with Crippen molar-refractivity contribution in [1.82, 2.24) is 0 Å². The van der Waals surface area contributed by atoms with Gasteiger partial charge in [-0.1, -0.05) is 11.6 Å². The van der Waals surface area contributed by atoms with E-state index in [0.717, 1.165) is 19.3 Å². The zero-order valence-corrected chi connectivity index (χ0v) is 9.80. The van der Waals surface area contributed by atoms with Crippen molar-refractivity contribution in [3.8, 4) is 12.3 Å². The molecule has 2 aliphatic carbocycles. The van der Waals surface area contributed by atoms with Crippen LogP contribution in [0.1, 0.15) is 32.1 Å². The summed E-state index contributed by atoms with van der Waals surface area (Å²) in [6.45, 7) is 0. The van der Waals surface area contributed by atoms with Gasteiger partial charge in [-0.25, -0.2) is 0 Å². The van der Waals surface area contributed by atoms with Gasteiger partial charge in [0, 0.05) is 12.3 Å². The van der Waals surface area contributed by atoms with Crippen LogP contribution in [0, 0.1) is 30.1 Å². The Kier molecular flexibility index (Phi) is 3.54. The lowest BCUT2D eigenvalue weighted by atomic mass is 9.57. The van der Waals surface area contributed by atoms with Crippen molar-refractivity contribution >= 4 is 5.97 Å². The number of aliphatic hydroxyl groups excluding tert-OH is 1. The van der Waals surface area contributed by atoms with Crippen molar-refractivity contribution in [3.63, 3.8) is 0 Å². The van der Waals surface area contributed by atoms with Crippen molar-refractivity contribution in [1.29, 1.82) is 0 Å². The fraction of sp³-hybridized carbons (Fsp3) is 0.643. The van der Waals surface area contributed by atoms with Gasteiger partial charge in [0.2, 0.25) is 0 Å². The van der Waals surface area contributed by atoms with Gasteiger partial charge in [0.15, 0.2) is 0 Å². The van der Waals surface area contributed by atoms with Crippen molar-refractivity contribution in [3.05, 3.63) is 11.6 Å². The number of carboxylic acids is 1. The average Bonchev–Trinajstić information content (AvgIpc) is 2.25. The molecule has 2 saturated carbocycles. The highest BCUT2D eigenvalue weighted by Crippen LogP contribution is 2.51. The summed E-state index contributed by atoms with van der Waals surface area (Å²) in [7, 11) is 0. The third-order valence-corrected chi connectivity index (χ3v) is 4.07. The minimum atomic E-state index is -0.752. The van der Waals surface area contributed by atoms with Crippen LogP contribution in [0.15, 0.2) is 11.6 Å². The smallest absolute Gasteiger partial charge is 0.303 e. The normalized spacial score (nSPS) is 38.0. The van der Waals surface area contributed by atoms with Crippen LogP contribution in [0.25, 0.3) is 0 Å². The summed E-state index contributed by atoms with van der Waals surface area (Å²) in [5.41, 5.74) is 1.35. The van der Waals surface area contributed by atoms with Crippen LogP contribution < -0.4 is 0 Å². The molecule has 3 heteroatoms. The van der Waals surface area contributed by atoms with E-state index in [1.807, 2.05) is 0 Å². The largest absolute Gasteiger partial charge is 0.481 e. The minimum absolute atomic E-state index is 0.00891. The molecule has 0 amide bonds. The van der Waals surface area contributed by atoms with Gasteiger partial charge >= 0.3 is 5.97 Å². The summed E-state index contributed by atoms with van der Waals surface area (Å²) >= 11 is 0. The van der Waals surface area contributed by atoms with Crippen LogP contribution >= 0.6 is 0 Å². The van der Waals surface area contributed by atoms with Gasteiger partial charge in [0.05, 0.1) is 6.10 Å². The first-order chi connectivity index (χ1) is 8.13. The van der Waals surface area contributed by atoms with Crippen LogP contribution in [-0.2, 0) is 4.79 Å². The minimum Gasteiger partial charge on any atom is -0.481 e. The number of fused-ring (bicyclic) bond motifs is 1. The number of carboxylic acid groups (broad SMARTS) is 1. The number of aliphatic hydroxyl groups is 1. The average molecular weight is 234 g/mol. The van der Waals surface area contributed by atoms with E-state index in [0.29, 0.717) is 18.3 Å². The number of rotatable bonds is 3. The van der Waals surface area contributed by atoms with E-state index < -0.39 is 5.97 Å². The van der Waals surface area contributed by atoms with E-state index in [4.69, 9.17) is 11.5 Å². The topological polar surface area (TPSA) is 57.5 Å². The summed E-state index contributed by atoms with van der Waals surface area (Å²) in [6.07, 6.45) is 10.7. The third kappa shape index (κ3) is 2.37. The van der Waals surface area contributed by atoms with Crippen LogP contribution in [0.2, 0.25) is 0 Å². The highest BCUT2D eigenvalue weighted by Gasteiger charge is 2.45. The standard InChI is InChI=1S/C14H18O3/c1-2-10-12-8-9(4-3-5-14(16)17)11(12)6-7-13(10)15/h1,4,10-13,15H,3,5-8H2,(H,16,17)/t10-,11-,12-,13-/m1/s1. The molecular formula is C14H18O3. The molecule has 17 heavy (non-hydrogen) atoms. The van der Waals surface area contributed by atoms with E-state index in [1.165, 1.54) is 5.57 Å². The maximum Gasteiger partial charge on any atom is 0.303 e.